The number of carbonyl (C=O) groups excluding carboxylic acids is 4. The Kier molecular flexibility index (Phi) is 4.37. The van der Waals surface area contributed by atoms with Crippen LogP contribution in [0.25, 0.3) is 0 Å². The first kappa shape index (κ1) is 15.8. The van der Waals surface area contributed by atoms with Gasteiger partial charge in [0.25, 0.3) is 0 Å². The van der Waals surface area contributed by atoms with Crippen molar-refractivity contribution in [1.82, 2.24) is 5.32 Å². The van der Waals surface area contributed by atoms with Gasteiger partial charge in [-0.15, -0.1) is 0 Å². The van der Waals surface area contributed by atoms with Crippen molar-refractivity contribution in [2.45, 2.75) is 63.4 Å². The largest absolute Gasteiger partial charge is 0.382 e. The fourth-order valence-electron chi connectivity index (χ4n) is 2.61. The van der Waals surface area contributed by atoms with E-state index >= 15 is 0 Å². The highest BCUT2D eigenvalue weighted by molar-refractivity contribution is 6.00. The lowest BCUT2D eigenvalue weighted by Crippen LogP contribution is -2.83. The number of hydrogen-bond acceptors (Lipinski definition) is 9. The van der Waals surface area contributed by atoms with Crippen molar-refractivity contribution in [3.05, 3.63) is 0 Å². The zero-order chi connectivity index (χ0) is 21.2. The van der Waals surface area contributed by atoms with Gasteiger partial charge in [-0.2, -0.15) is 0 Å². The molecule has 10 heteroatoms. The maximum Gasteiger partial charge on any atom is 0.217 e. The standard InChI is InChI=1S/C14H21NO9/c1-5(16)9(20)11-14(23,7(3)18)13(22,6(2)17)10(12(21)24-11)15-8(4)19/h9-12,20-23H,1-4H3,(H,15,19)/t9?,10-,11+,12?,13+,14-/m0/s1/i1D,2D,3D. The third-order valence-corrected chi connectivity index (χ3v) is 3.84. The van der Waals surface area contributed by atoms with E-state index in [2.05, 4.69) is 0 Å². The van der Waals surface area contributed by atoms with Crippen molar-refractivity contribution in [3.8, 4) is 0 Å². The van der Waals surface area contributed by atoms with Crippen LogP contribution in [0.15, 0.2) is 0 Å². The highest BCUT2D eigenvalue weighted by Crippen LogP contribution is 2.40. The van der Waals surface area contributed by atoms with Gasteiger partial charge in [-0.25, -0.2) is 0 Å². The summed E-state index contributed by atoms with van der Waals surface area (Å²) in [5.74, 6) is -5.30. The maximum atomic E-state index is 12.3. The lowest BCUT2D eigenvalue weighted by molar-refractivity contribution is -0.313. The number of aliphatic hydroxyl groups is 4. The summed E-state index contributed by atoms with van der Waals surface area (Å²) in [5, 5.41) is 44.0. The minimum absolute atomic E-state index is 0.916. The Bertz CT molecular complexity index is 633. The molecule has 1 fully saturated rings. The third kappa shape index (κ3) is 2.87. The molecule has 0 spiro atoms. The van der Waals surface area contributed by atoms with Crippen molar-refractivity contribution < 1.29 is 48.5 Å². The number of amides is 1. The van der Waals surface area contributed by atoms with Crippen molar-refractivity contribution in [2.24, 2.45) is 0 Å². The predicted molar refractivity (Wildman–Crippen MR) is 76.4 cm³/mol. The van der Waals surface area contributed by atoms with Crippen molar-refractivity contribution in [3.63, 3.8) is 0 Å². The van der Waals surface area contributed by atoms with E-state index in [4.69, 9.17) is 8.85 Å². The number of Topliss-reactive ketones (excluding diaryl/α,β-unsaturated/α-hetero) is 3. The van der Waals surface area contributed by atoms with Gasteiger partial charge in [0.2, 0.25) is 5.91 Å². The third-order valence-electron chi connectivity index (χ3n) is 3.84. The fraction of sp³-hybridized carbons (Fsp3) is 0.714. The molecule has 10 nitrogen and oxygen atoms in total. The minimum atomic E-state index is -3.47. The molecular formula is C14H21NO9. The Hall–Kier alpha value is -1.72. The summed E-state index contributed by atoms with van der Waals surface area (Å²) in [6.07, 6.45) is -7.15. The first-order chi connectivity index (χ1) is 12.4. The van der Waals surface area contributed by atoms with Gasteiger partial charge in [0.05, 0.1) is 0 Å². The summed E-state index contributed by atoms with van der Waals surface area (Å²) < 4.78 is 26.3. The Balaban J connectivity index is 3.74. The predicted octanol–water partition coefficient (Wildman–Crippen LogP) is -3.20. The number of rotatable bonds is 5. The molecule has 1 aliphatic heterocycles. The molecule has 0 aromatic rings. The second-order valence-corrected chi connectivity index (χ2v) is 5.42. The van der Waals surface area contributed by atoms with Crippen LogP contribution in [0.2, 0.25) is 0 Å². The van der Waals surface area contributed by atoms with Gasteiger partial charge in [-0.1, -0.05) is 0 Å². The van der Waals surface area contributed by atoms with Crippen LogP contribution in [-0.2, 0) is 23.9 Å². The molecule has 0 aliphatic carbocycles. The molecular weight excluding hydrogens is 326 g/mol. The van der Waals surface area contributed by atoms with Gasteiger partial charge in [0.15, 0.2) is 34.8 Å². The lowest BCUT2D eigenvalue weighted by atomic mass is 9.66. The Morgan fingerprint density at radius 2 is 1.67 bits per heavy atom. The zero-order valence-corrected chi connectivity index (χ0v) is 12.8. The van der Waals surface area contributed by atoms with Crippen molar-refractivity contribution in [2.75, 3.05) is 0 Å². The number of nitrogens with one attached hydrogen (secondary N) is 1. The first-order valence-electron chi connectivity index (χ1n) is 8.75. The van der Waals surface area contributed by atoms with Crippen LogP contribution in [0.1, 0.15) is 31.7 Å². The van der Waals surface area contributed by atoms with E-state index < -0.39 is 79.7 Å². The van der Waals surface area contributed by atoms with Gasteiger partial charge in [0, 0.05) is 11.0 Å². The number of ketones is 3. The van der Waals surface area contributed by atoms with E-state index in [0.29, 0.717) is 0 Å². The SMILES string of the molecule is [2H]CC(=O)C(O)[C@H]1OC(O)[C@H](NC(C)=O)[C@](O)(C(=O)C[2H])[C@]1(O)C(=O)C[2H]. The number of carbonyl (C=O) groups is 4. The molecule has 0 bridgehead atoms. The molecule has 1 heterocycles. The lowest BCUT2D eigenvalue weighted by Gasteiger charge is -2.54. The molecule has 2 unspecified atom stereocenters. The van der Waals surface area contributed by atoms with Crippen LogP contribution < -0.4 is 5.32 Å². The molecule has 0 aromatic heterocycles. The van der Waals surface area contributed by atoms with Crippen molar-refractivity contribution in [1.29, 1.82) is 0 Å². The summed E-state index contributed by atoms with van der Waals surface area (Å²) in [5.41, 5.74) is -6.87. The van der Waals surface area contributed by atoms with Gasteiger partial charge >= 0.3 is 0 Å². The van der Waals surface area contributed by atoms with Crippen LogP contribution in [0.5, 0.6) is 0 Å². The first-order valence-corrected chi connectivity index (χ1v) is 6.63. The second-order valence-electron chi connectivity index (χ2n) is 5.42. The zero-order valence-electron chi connectivity index (χ0n) is 15.8. The van der Waals surface area contributed by atoms with Crippen LogP contribution in [0, 0.1) is 0 Å². The molecule has 24 heavy (non-hydrogen) atoms. The Labute approximate surface area is 141 Å². The average molecular weight is 350 g/mol. The molecule has 5 N–H and O–H groups in total. The Morgan fingerprint density at radius 3 is 2.12 bits per heavy atom. The molecule has 1 rings (SSSR count). The highest BCUT2D eigenvalue weighted by atomic mass is 16.6. The van der Waals surface area contributed by atoms with E-state index in [9.17, 15) is 39.6 Å². The van der Waals surface area contributed by atoms with Crippen LogP contribution in [0.4, 0.5) is 0 Å². The molecule has 136 valence electrons. The molecule has 0 aromatic carbocycles. The quantitative estimate of drug-likeness (QED) is 0.342. The van der Waals surface area contributed by atoms with E-state index in [0.717, 1.165) is 6.92 Å². The molecule has 0 radical (unpaired) electrons. The summed E-state index contributed by atoms with van der Waals surface area (Å²) >= 11 is 0. The molecule has 0 saturated carbocycles. The van der Waals surface area contributed by atoms with Crippen LogP contribution in [0.3, 0.4) is 0 Å². The number of aliphatic hydroxyl groups excluding tert-OH is 2. The van der Waals surface area contributed by atoms with Crippen molar-refractivity contribution >= 4 is 23.3 Å². The number of hydrogen-bond donors (Lipinski definition) is 5. The molecule has 1 aliphatic rings. The second kappa shape index (κ2) is 6.65. The number of ether oxygens (including phenoxy) is 1. The molecule has 1 amide bonds. The smallest absolute Gasteiger partial charge is 0.217 e. The van der Waals surface area contributed by atoms with Gasteiger partial charge < -0.3 is 30.5 Å². The topological polar surface area (TPSA) is 170 Å². The fourth-order valence-corrected chi connectivity index (χ4v) is 2.61. The molecule has 1 saturated heterocycles. The highest BCUT2D eigenvalue weighted by Gasteiger charge is 2.71. The molecule has 6 atom stereocenters. The van der Waals surface area contributed by atoms with E-state index in [1.54, 1.807) is 0 Å². The normalized spacial score (nSPS) is 39.0. The van der Waals surface area contributed by atoms with Gasteiger partial charge in [0.1, 0.15) is 18.2 Å². The average Bonchev–Trinajstić information content (AvgIpc) is 2.64. The van der Waals surface area contributed by atoms with Crippen LogP contribution in [-0.4, -0.2) is 79.4 Å². The van der Waals surface area contributed by atoms with E-state index in [-0.39, 0.29) is 0 Å². The van der Waals surface area contributed by atoms with Gasteiger partial charge in [-0.05, 0) is 20.7 Å². The summed E-state index contributed by atoms with van der Waals surface area (Å²) in [6, 6.07) is -2.15. The summed E-state index contributed by atoms with van der Waals surface area (Å²) in [4.78, 5) is 47.8. The monoisotopic (exact) mass is 350 g/mol. The van der Waals surface area contributed by atoms with E-state index in [1.165, 1.54) is 0 Å². The maximum absolute atomic E-state index is 12.3. The summed E-state index contributed by atoms with van der Waals surface area (Å²) in [7, 11) is 0. The minimum Gasteiger partial charge on any atom is -0.382 e. The summed E-state index contributed by atoms with van der Waals surface area (Å²) in [6.45, 7) is -2.56. The van der Waals surface area contributed by atoms with Gasteiger partial charge in [-0.3, -0.25) is 19.2 Å². The Morgan fingerprint density at radius 1 is 1.12 bits per heavy atom. The van der Waals surface area contributed by atoms with Crippen LogP contribution >= 0.6 is 0 Å². The van der Waals surface area contributed by atoms with E-state index in [1.807, 2.05) is 5.32 Å².